The number of ether oxygens (including phenoxy) is 3. The molecule has 2 aliphatic heterocycles. The molecule has 0 bridgehead atoms. The molecule has 0 aromatic rings. The monoisotopic (exact) mass is 257 g/mol. The van der Waals surface area contributed by atoms with Crippen LogP contribution in [0.5, 0.6) is 0 Å². The van der Waals surface area contributed by atoms with Gasteiger partial charge in [-0.05, 0) is 26.7 Å². The largest absolute Gasteiger partial charge is 0.460 e. The van der Waals surface area contributed by atoms with Crippen LogP contribution in [-0.4, -0.2) is 43.0 Å². The van der Waals surface area contributed by atoms with Crippen LogP contribution in [0.25, 0.3) is 0 Å². The summed E-state index contributed by atoms with van der Waals surface area (Å²) in [5, 5.41) is 0. The molecule has 18 heavy (non-hydrogen) atoms. The van der Waals surface area contributed by atoms with E-state index >= 15 is 0 Å². The second-order valence-corrected chi connectivity index (χ2v) is 5.35. The molecule has 104 valence electrons. The van der Waals surface area contributed by atoms with Crippen molar-refractivity contribution < 1.29 is 19.0 Å². The van der Waals surface area contributed by atoms with E-state index in [9.17, 15) is 4.79 Å². The second-order valence-electron chi connectivity index (χ2n) is 5.35. The molecule has 2 N–H and O–H groups in total. The molecule has 4 atom stereocenters. The summed E-state index contributed by atoms with van der Waals surface area (Å²) in [6.45, 7) is 4.48. The molecular weight excluding hydrogens is 234 g/mol. The van der Waals surface area contributed by atoms with E-state index in [1.54, 1.807) is 0 Å². The molecule has 0 radical (unpaired) electrons. The van der Waals surface area contributed by atoms with Gasteiger partial charge in [0.05, 0.1) is 18.3 Å². The van der Waals surface area contributed by atoms with Crippen LogP contribution in [0.15, 0.2) is 0 Å². The third kappa shape index (κ3) is 3.43. The lowest BCUT2D eigenvalue weighted by Crippen LogP contribution is -2.37. The van der Waals surface area contributed by atoms with Gasteiger partial charge in [-0.15, -0.1) is 0 Å². The molecule has 5 nitrogen and oxygen atoms in total. The van der Waals surface area contributed by atoms with Crippen LogP contribution in [0.1, 0.15) is 39.5 Å². The van der Waals surface area contributed by atoms with Crippen molar-refractivity contribution in [1.82, 2.24) is 0 Å². The Balaban J connectivity index is 1.80. The van der Waals surface area contributed by atoms with Crippen LogP contribution in [0.2, 0.25) is 0 Å². The predicted molar refractivity (Wildman–Crippen MR) is 66.1 cm³/mol. The number of hydrogen-bond donors (Lipinski definition) is 1. The molecule has 0 aromatic heterocycles. The highest BCUT2D eigenvalue weighted by molar-refractivity contribution is 5.75. The number of esters is 1. The Kier molecular flexibility index (Phi) is 4.59. The summed E-state index contributed by atoms with van der Waals surface area (Å²) in [6.07, 6.45) is 2.93. The van der Waals surface area contributed by atoms with Gasteiger partial charge in [0.15, 0.2) is 6.10 Å². The molecule has 2 aliphatic rings. The van der Waals surface area contributed by atoms with Gasteiger partial charge in [-0.2, -0.15) is 0 Å². The summed E-state index contributed by atoms with van der Waals surface area (Å²) in [5.74, 6) is -0.239. The van der Waals surface area contributed by atoms with E-state index < -0.39 is 6.10 Å². The van der Waals surface area contributed by atoms with Crippen LogP contribution < -0.4 is 5.73 Å². The fourth-order valence-corrected chi connectivity index (χ4v) is 2.73. The van der Waals surface area contributed by atoms with Gasteiger partial charge in [-0.1, -0.05) is 0 Å². The maximum atomic E-state index is 12.0. The number of carbonyl (C=O) groups excluding carboxylic acids is 1. The van der Waals surface area contributed by atoms with Crippen LogP contribution in [0.4, 0.5) is 0 Å². The number of rotatable bonds is 3. The first-order valence-electron chi connectivity index (χ1n) is 6.80. The third-order valence-electron chi connectivity index (χ3n) is 3.57. The Morgan fingerprint density at radius 2 is 1.89 bits per heavy atom. The van der Waals surface area contributed by atoms with Gasteiger partial charge >= 0.3 is 5.97 Å². The minimum absolute atomic E-state index is 0.00934. The van der Waals surface area contributed by atoms with Crippen molar-refractivity contribution in [2.45, 2.75) is 70.1 Å². The van der Waals surface area contributed by atoms with Crippen molar-refractivity contribution >= 4 is 5.97 Å². The molecule has 0 aliphatic carbocycles. The van der Waals surface area contributed by atoms with Crippen LogP contribution in [-0.2, 0) is 19.0 Å². The Morgan fingerprint density at radius 3 is 2.44 bits per heavy atom. The SMILES string of the molecule is CC1CC(OC(=O)C2CCC(CN)O2)CC(C)O1. The average Bonchev–Trinajstić information content (AvgIpc) is 2.75. The zero-order chi connectivity index (χ0) is 13.1. The van der Waals surface area contributed by atoms with E-state index in [0.29, 0.717) is 6.54 Å². The van der Waals surface area contributed by atoms with Gasteiger partial charge in [0.2, 0.25) is 0 Å². The Labute approximate surface area is 108 Å². The molecule has 5 heteroatoms. The standard InChI is InChI=1S/C13H23NO4/c1-8-5-11(6-9(2)16-8)18-13(15)12-4-3-10(7-14)17-12/h8-12H,3-7,14H2,1-2H3. The first kappa shape index (κ1) is 13.8. The smallest absolute Gasteiger partial charge is 0.335 e. The van der Waals surface area contributed by atoms with Crippen LogP contribution in [0.3, 0.4) is 0 Å². The predicted octanol–water partition coefficient (Wildman–Crippen LogP) is 0.992. The van der Waals surface area contributed by atoms with E-state index in [2.05, 4.69) is 0 Å². The Hall–Kier alpha value is -0.650. The highest BCUT2D eigenvalue weighted by Gasteiger charge is 2.34. The number of nitrogens with two attached hydrogens (primary N) is 1. The van der Waals surface area contributed by atoms with Gasteiger partial charge in [0.1, 0.15) is 6.10 Å². The first-order valence-corrected chi connectivity index (χ1v) is 6.80. The van der Waals surface area contributed by atoms with E-state index in [-0.39, 0.29) is 30.4 Å². The van der Waals surface area contributed by atoms with Gasteiger partial charge < -0.3 is 19.9 Å². The lowest BCUT2D eigenvalue weighted by atomic mass is 10.0. The fraction of sp³-hybridized carbons (Fsp3) is 0.923. The van der Waals surface area contributed by atoms with Gasteiger partial charge in [0.25, 0.3) is 0 Å². The molecule has 0 aromatic carbocycles. The zero-order valence-corrected chi connectivity index (χ0v) is 11.1. The van der Waals surface area contributed by atoms with E-state index in [0.717, 1.165) is 25.7 Å². The summed E-state index contributed by atoms with van der Waals surface area (Å²) in [6, 6.07) is 0. The zero-order valence-electron chi connectivity index (χ0n) is 11.1. The van der Waals surface area contributed by atoms with Gasteiger partial charge in [-0.3, -0.25) is 0 Å². The van der Waals surface area contributed by atoms with Crippen LogP contribution >= 0.6 is 0 Å². The molecule has 4 unspecified atom stereocenters. The molecule has 0 spiro atoms. The normalized spacial score (nSPS) is 40.7. The summed E-state index contributed by atoms with van der Waals surface area (Å²) < 4.78 is 16.7. The summed E-state index contributed by atoms with van der Waals surface area (Å²) in [5.41, 5.74) is 5.52. The van der Waals surface area contributed by atoms with E-state index in [4.69, 9.17) is 19.9 Å². The van der Waals surface area contributed by atoms with Crippen molar-refractivity contribution in [3.63, 3.8) is 0 Å². The summed E-state index contributed by atoms with van der Waals surface area (Å²) >= 11 is 0. The lowest BCUT2D eigenvalue weighted by Gasteiger charge is -2.32. The minimum atomic E-state index is -0.424. The topological polar surface area (TPSA) is 70.8 Å². The van der Waals surface area contributed by atoms with E-state index in [1.165, 1.54) is 0 Å². The van der Waals surface area contributed by atoms with Crippen molar-refractivity contribution in [3.8, 4) is 0 Å². The molecule has 2 saturated heterocycles. The lowest BCUT2D eigenvalue weighted by molar-refractivity contribution is -0.171. The van der Waals surface area contributed by atoms with Crippen LogP contribution in [0, 0.1) is 0 Å². The quantitative estimate of drug-likeness (QED) is 0.763. The molecule has 2 heterocycles. The van der Waals surface area contributed by atoms with E-state index in [1.807, 2.05) is 13.8 Å². The summed E-state index contributed by atoms with van der Waals surface area (Å²) in [4.78, 5) is 12.0. The average molecular weight is 257 g/mol. The first-order chi connectivity index (χ1) is 8.58. The molecule has 2 rings (SSSR count). The minimum Gasteiger partial charge on any atom is -0.460 e. The highest BCUT2D eigenvalue weighted by atomic mass is 16.6. The second kappa shape index (κ2) is 5.99. The number of carbonyl (C=O) groups is 1. The molecule has 2 fully saturated rings. The number of hydrogen-bond acceptors (Lipinski definition) is 5. The van der Waals surface area contributed by atoms with Crippen molar-refractivity contribution in [3.05, 3.63) is 0 Å². The fourth-order valence-electron chi connectivity index (χ4n) is 2.73. The molecule has 0 saturated carbocycles. The Bertz CT molecular complexity index is 287. The maximum absolute atomic E-state index is 12.0. The molecule has 0 amide bonds. The maximum Gasteiger partial charge on any atom is 0.335 e. The highest BCUT2D eigenvalue weighted by Crippen LogP contribution is 2.25. The molecular formula is C13H23NO4. The summed E-state index contributed by atoms with van der Waals surface area (Å²) in [7, 11) is 0. The Morgan fingerprint density at radius 1 is 1.22 bits per heavy atom. The third-order valence-corrected chi connectivity index (χ3v) is 3.57. The van der Waals surface area contributed by atoms with Crippen molar-refractivity contribution in [2.24, 2.45) is 5.73 Å². The van der Waals surface area contributed by atoms with Gasteiger partial charge in [0, 0.05) is 19.4 Å². The van der Waals surface area contributed by atoms with Crippen molar-refractivity contribution in [2.75, 3.05) is 6.54 Å². The van der Waals surface area contributed by atoms with Crippen molar-refractivity contribution in [1.29, 1.82) is 0 Å². The van der Waals surface area contributed by atoms with Gasteiger partial charge in [-0.25, -0.2) is 4.79 Å².